The van der Waals surface area contributed by atoms with Gasteiger partial charge in [0.05, 0.1) is 18.3 Å². The summed E-state index contributed by atoms with van der Waals surface area (Å²) in [6.07, 6.45) is -4.05. The van der Waals surface area contributed by atoms with Crippen LogP contribution in [0.25, 0.3) is 5.95 Å². The minimum Gasteiger partial charge on any atom is -0.466 e. The van der Waals surface area contributed by atoms with Crippen molar-refractivity contribution in [3.63, 3.8) is 0 Å². The summed E-state index contributed by atoms with van der Waals surface area (Å²) in [5, 5.41) is 18.3. The van der Waals surface area contributed by atoms with Gasteiger partial charge in [0.15, 0.2) is 0 Å². The van der Waals surface area contributed by atoms with E-state index < -0.39 is 35.9 Å². The van der Waals surface area contributed by atoms with Crippen molar-refractivity contribution in [1.29, 1.82) is 0 Å². The van der Waals surface area contributed by atoms with Crippen molar-refractivity contribution in [2.24, 2.45) is 5.92 Å². The molecule has 13 heteroatoms. The third kappa shape index (κ3) is 4.04. The quantitative estimate of drug-likeness (QED) is 0.610. The van der Waals surface area contributed by atoms with Crippen molar-refractivity contribution in [1.82, 2.24) is 30.4 Å². The van der Waals surface area contributed by atoms with Crippen LogP contribution >= 0.6 is 0 Å². The number of carbonyl (C=O) groups is 2. The van der Waals surface area contributed by atoms with Gasteiger partial charge in [0.2, 0.25) is 0 Å². The van der Waals surface area contributed by atoms with Crippen LogP contribution in [0.2, 0.25) is 0 Å². The van der Waals surface area contributed by atoms with Gasteiger partial charge in [0.1, 0.15) is 5.92 Å². The number of aliphatic hydroxyl groups is 1. The number of aryl methyl sites for hydroxylation is 3. The van der Waals surface area contributed by atoms with Crippen LogP contribution in [0.15, 0.2) is 12.3 Å². The van der Waals surface area contributed by atoms with E-state index in [1.807, 2.05) is 0 Å². The highest BCUT2D eigenvalue weighted by Crippen LogP contribution is 2.43. The van der Waals surface area contributed by atoms with E-state index in [4.69, 9.17) is 4.74 Å². The average Bonchev–Trinajstić information content (AvgIpc) is 3.01. The molecule has 2 aromatic rings. The normalized spacial score (nSPS) is 23.8. The van der Waals surface area contributed by atoms with Crippen LogP contribution in [-0.4, -0.2) is 55.4 Å². The zero-order valence-corrected chi connectivity index (χ0v) is 17.1. The topological polar surface area (TPSA) is 131 Å². The van der Waals surface area contributed by atoms with Crippen LogP contribution in [-0.2, 0) is 9.53 Å². The number of hydrogen-bond donors (Lipinski definition) is 3. The second kappa shape index (κ2) is 7.80. The van der Waals surface area contributed by atoms with Crippen LogP contribution in [0.3, 0.4) is 0 Å². The third-order valence-electron chi connectivity index (χ3n) is 4.79. The molecule has 3 unspecified atom stereocenters. The molecule has 2 aromatic heterocycles. The molecule has 1 saturated heterocycles. The molecule has 3 atom stereocenters. The number of nitrogens with zero attached hydrogens (tertiary/aromatic N) is 4. The zero-order chi connectivity index (χ0) is 23.1. The van der Waals surface area contributed by atoms with E-state index in [0.29, 0.717) is 11.4 Å². The minimum atomic E-state index is -5.36. The van der Waals surface area contributed by atoms with Crippen molar-refractivity contribution in [3.8, 4) is 5.95 Å². The van der Waals surface area contributed by atoms with Crippen LogP contribution in [0.5, 0.6) is 0 Å². The van der Waals surface area contributed by atoms with Gasteiger partial charge < -0.3 is 20.5 Å². The highest BCUT2D eigenvalue weighted by molar-refractivity contribution is 5.83. The number of urea groups is 1. The van der Waals surface area contributed by atoms with Crippen molar-refractivity contribution >= 4 is 12.0 Å². The van der Waals surface area contributed by atoms with E-state index >= 15 is 0 Å². The lowest BCUT2D eigenvalue weighted by Gasteiger charge is -2.44. The number of amides is 2. The molecule has 0 radical (unpaired) electrons. The molecular formula is C18H21F3N6O4. The van der Waals surface area contributed by atoms with Crippen LogP contribution in [0.1, 0.15) is 35.6 Å². The molecule has 0 aliphatic carbocycles. The average molecular weight is 442 g/mol. The molecule has 1 aliphatic rings. The van der Waals surface area contributed by atoms with Gasteiger partial charge in [-0.05, 0) is 33.8 Å². The summed E-state index contributed by atoms with van der Waals surface area (Å²) in [6.45, 7) is 6.15. The van der Waals surface area contributed by atoms with Crippen LogP contribution in [0, 0.1) is 26.7 Å². The largest absolute Gasteiger partial charge is 0.466 e. The first-order valence-electron chi connectivity index (χ1n) is 9.30. The van der Waals surface area contributed by atoms with Gasteiger partial charge in [-0.3, -0.25) is 4.79 Å². The number of carbonyl (C=O) groups excluding carboxylic acids is 2. The maximum atomic E-state index is 13.8. The molecule has 1 aliphatic heterocycles. The predicted octanol–water partition coefficient (Wildman–Crippen LogP) is 1.37. The summed E-state index contributed by atoms with van der Waals surface area (Å²) in [4.78, 5) is 33.0. The van der Waals surface area contributed by atoms with E-state index in [2.05, 4.69) is 20.4 Å². The summed E-state index contributed by atoms with van der Waals surface area (Å²) in [6, 6.07) is -1.16. The number of nitrogens with one attached hydrogen (secondary N) is 2. The van der Waals surface area contributed by atoms with Gasteiger partial charge in [-0.25, -0.2) is 19.4 Å². The number of halogens is 3. The molecule has 168 valence electrons. The highest BCUT2D eigenvalue weighted by atomic mass is 19.4. The monoisotopic (exact) mass is 442 g/mol. The number of rotatable bonds is 4. The third-order valence-corrected chi connectivity index (χ3v) is 4.79. The van der Waals surface area contributed by atoms with E-state index in [-0.39, 0.29) is 23.8 Å². The number of hydrogen-bond acceptors (Lipinski definition) is 7. The molecule has 1 fully saturated rings. The molecule has 10 nitrogen and oxygen atoms in total. The van der Waals surface area contributed by atoms with Crippen LogP contribution in [0.4, 0.5) is 18.0 Å². The van der Waals surface area contributed by atoms with Crippen molar-refractivity contribution in [2.75, 3.05) is 6.61 Å². The highest BCUT2D eigenvalue weighted by Gasteiger charge is 2.67. The Morgan fingerprint density at radius 3 is 2.45 bits per heavy atom. The maximum absolute atomic E-state index is 13.8. The molecule has 3 heterocycles. The lowest BCUT2D eigenvalue weighted by Crippen LogP contribution is -2.73. The Bertz CT molecular complexity index is 1000. The Balaban J connectivity index is 2.13. The summed E-state index contributed by atoms with van der Waals surface area (Å²) >= 11 is 0. The second-order valence-corrected chi connectivity index (χ2v) is 7.14. The number of ether oxygens (including phenoxy) is 1. The first-order chi connectivity index (χ1) is 14.4. The molecule has 2 amide bonds. The van der Waals surface area contributed by atoms with Gasteiger partial charge in [-0.1, -0.05) is 0 Å². The van der Waals surface area contributed by atoms with Gasteiger partial charge in [-0.2, -0.15) is 18.3 Å². The maximum Gasteiger partial charge on any atom is 0.437 e. The fourth-order valence-corrected chi connectivity index (χ4v) is 3.49. The predicted molar refractivity (Wildman–Crippen MR) is 98.9 cm³/mol. The molecule has 0 spiro atoms. The van der Waals surface area contributed by atoms with Gasteiger partial charge >= 0.3 is 18.2 Å². The van der Waals surface area contributed by atoms with Crippen molar-refractivity contribution in [2.45, 2.75) is 45.6 Å². The molecule has 3 rings (SSSR count). The van der Waals surface area contributed by atoms with Gasteiger partial charge in [0.25, 0.3) is 11.7 Å². The number of esters is 1. The molecule has 0 saturated carbocycles. The fourth-order valence-electron chi connectivity index (χ4n) is 3.49. The molecule has 31 heavy (non-hydrogen) atoms. The summed E-state index contributed by atoms with van der Waals surface area (Å²) in [5.41, 5.74) is -2.30. The Labute approximate surface area is 174 Å². The van der Waals surface area contributed by atoms with E-state index in [1.54, 1.807) is 19.9 Å². The van der Waals surface area contributed by atoms with E-state index in [1.165, 1.54) is 30.0 Å². The zero-order valence-electron chi connectivity index (χ0n) is 17.1. The lowest BCUT2D eigenvalue weighted by molar-refractivity contribution is -0.294. The van der Waals surface area contributed by atoms with E-state index in [9.17, 15) is 27.9 Å². The van der Waals surface area contributed by atoms with Gasteiger partial charge in [0, 0.05) is 23.1 Å². The van der Waals surface area contributed by atoms with Crippen molar-refractivity contribution in [3.05, 3.63) is 34.9 Å². The fraction of sp³-hybridized carbons (Fsp3) is 0.500. The SMILES string of the molecule is CCOC(=O)C1C(c2cn(-c3nc(C)cc(C)n3)nc2C)NC(=O)NC1(O)C(F)(F)F. The first kappa shape index (κ1) is 22.5. The molecule has 0 bridgehead atoms. The number of aromatic nitrogens is 4. The Morgan fingerprint density at radius 1 is 1.29 bits per heavy atom. The Hall–Kier alpha value is -3.22. The minimum absolute atomic E-state index is 0.0679. The summed E-state index contributed by atoms with van der Waals surface area (Å²) < 4.78 is 47.3. The second-order valence-electron chi connectivity index (χ2n) is 7.14. The standard InChI is InChI=1S/C18H21F3N6O4/c1-5-31-14(28)12-13(24-16(29)25-17(12,30)18(19,20)21)11-7-27(26-10(11)4)15-22-8(2)6-9(3)23-15/h6-7,12-13,30H,5H2,1-4H3,(H2,24,25,29). The Morgan fingerprint density at radius 2 is 1.90 bits per heavy atom. The van der Waals surface area contributed by atoms with Crippen molar-refractivity contribution < 1.29 is 32.6 Å². The van der Waals surface area contributed by atoms with Crippen LogP contribution < -0.4 is 10.6 Å². The number of alkyl halides is 3. The summed E-state index contributed by atoms with van der Waals surface area (Å²) in [7, 11) is 0. The molecule has 3 N–H and O–H groups in total. The molecular weight excluding hydrogens is 421 g/mol. The Kier molecular flexibility index (Phi) is 5.65. The van der Waals surface area contributed by atoms with E-state index in [0.717, 1.165) is 0 Å². The molecule has 0 aromatic carbocycles. The first-order valence-corrected chi connectivity index (χ1v) is 9.30. The van der Waals surface area contributed by atoms with Gasteiger partial charge in [-0.15, -0.1) is 0 Å². The smallest absolute Gasteiger partial charge is 0.437 e. The lowest BCUT2D eigenvalue weighted by atomic mass is 9.82. The summed E-state index contributed by atoms with van der Waals surface area (Å²) in [5.74, 6) is -3.41.